The van der Waals surface area contributed by atoms with Crippen molar-refractivity contribution in [2.24, 2.45) is 11.8 Å². The van der Waals surface area contributed by atoms with E-state index in [0.717, 1.165) is 12.5 Å². The molecule has 0 spiro atoms. The molecule has 0 aromatic heterocycles. The lowest BCUT2D eigenvalue weighted by Gasteiger charge is -2.43. The largest absolute Gasteiger partial charge is 0.381 e. The first-order valence-corrected chi connectivity index (χ1v) is 8.88. The van der Waals surface area contributed by atoms with E-state index in [2.05, 4.69) is 30.4 Å². The summed E-state index contributed by atoms with van der Waals surface area (Å²) in [6, 6.07) is 7.70. The molecule has 0 amide bonds. The fourth-order valence-corrected chi connectivity index (χ4v) is 4.22. The Morgan fingerprint density at radius 1 is 1.24 bits per heavy atom. The summed E-state index contributed by atoms with van der Waals surface area (Å²) in [5, 5.41) is 3.86. The van der Waals surface area contributed by atoms with Crippen molar-refractivity contribution >= 4 is 5.69 Å². The number of benzene rings is 1. The smallest absolute Gasteiger partial charge is 0.0892 e. The minimum atomic E-state index is 0.349. The van der Waals surface area contributed by atoms with E-state index in [1.807, 2.05) is 0 Å². The number of hydrogen-bond acceptors (Lipinski definition) is 2. The number of rotatable bonds is 4. The van der Waals surface area contributed by atoms with Crippen molar-refractivity contribution in [2.45, 2.75) is 64.0 Å². The summed E-state index contributed by atoms with van der Waals surface area (Å²) in [6.07, 6.45) is 9.48. The van der Waals surface area contributed by atoms with Crippen LogP contribution in [0, 0.1) is 11.8 Å². The Labute approximate surface area is 128 Å². The molecule has 1 N–H and O–H groups in total. The van der Waals surface area contributed by atoms with Gasteiger partial charge in [0.05, 0.1) is 6.10 Å². The van der Waals surface area contributed by atoms with Gasteiger partial charge in [-0.25, -0.2) is 0 Å². The van der Waals surface area contributed by atoms with E-state index in [1.54, 1.807) is 0 Å². The normalized spacial score (nSPS) is 31.2. The molecule has 3 unspecified atom stereocenters. The zero-order valence-corrected chi connectivity index (χ0v) is 13.1. The number of unbranched alkanes of at least 4 members (excludes halogenated alkanes) is 1. The standard InChI is InChI=1S/C19H27NO/c1-2-3-5-13-7-10-17-16(12-13)19-15(6-4-11-21-19)18(20-17)14-8-9-14/h7,10,12,14-15,18-20H,2-6,8-9,11H2,1H3. The van der Waals surface area contributed by atoms with Crippen LogP contribution in [0.4, 0.5) is 5.69 Å². The van der Waals surface area contributed by atoms with Gasteiger partial charge in [0.15, 0.2) is 0 Å². The molecule has 2 nitrogen and oxygen atoms in total. The Kier molecular flexibility index (Phi) is 3.66. The molecule has 114 valence electrons. The van der Waals surface area contributed by atoms with E-state index in [1.165, 1.54) is 61.8 Å². The van der Waals surface area contributed by atoms with Crippen LogP contribution in [0.1, 0.15) is 62.7 Å². The number of hydrogen-bond donors (Lipinski definition) is 1. The van der Waals surface area contributed by atoms with Gasteiger partial charge >= 0.3 is 0 Å². The van der Waals surface area contributed by atoms with Crippen LogP contribution in [0.25, 0.3) is 0 Å². The summed E-state index contributed by atoms with van der Waals surface area (Å²) in [7, 11) is 0. The van der Waals surface area contributed by atoms with Gasteiger partial charge in [0.25, 0.3) is 0 Å². The van der Waals surface area contributed by atoms with Crippen LogP contribution in [0.15, 0.2) is 18.2 Å². The molecule has 1 saturated carbocycles. The highest BCUT2D eigenvalue weighted by Gasteiger charge is 2.45. The van der Waals surface area contributed by atoms with E-state index in [4.69, 9.17) is 4.74 Å². The molecule has 21 heavy (non-hydrogen) atoms. The summed E-state index contributed by atoms with van der Waals surface area (Å²) >= 11 is 0. The first kappa shape index (κ1) is 13.6. The molecule has 2 aliphatic heterocycles. The first-order chi connectivity index (χ1) is 10.4. The maximum absolute atomic E-state index is 6.24. The predicted octanol–water partition coefficient (Wildman–Crippen LogP) is 4.70. The Bertz CT molecular complexity index is 508. The Hall–Kier alpha value is -1.02. The van der Waals surface area contributed by atoms with Crippen LogP contribution >= 0.6 is 0 Å². The Morgan fingerprint density at radius 2 is 2.14 bits per heavy atom. The summed E-state index contributed by atoms with van der Waals surface area (Å²) in [5.74, 6) is 1.59. The van der Waals surface area contributed by atoms with Crippen molar-refractivity contribution in [3.8, 4) is 0 Å². The van der Waals surface area contributed by atoms with E-state index in [0.29, 0.717) is 18.1 Å². The molecule has 0 bridgehead atoms. The molecule has 2 heteroatoms. The van der Waals surface area contributed by atoms with Gasteiger partial charge in [-0.3, -0.25) is 0 Å². The average molecular weight is 285 g/mol. The first-order valence-electron chi connectivity index (χ1n) is 8.88. The molecular weight excluding hydrogens is 258 g/mol. The second-order valence-electron chi connectivity index (χ2n) is 7.13. The zero-order chi connectivity index (χ0) is 14.2. The van der Waals surface area contributed by atoms with Crippen molar-refractivity contribution in [1.82, 2.24) is 0 Å². The van der Waals surface area contributed by atoms with Gasteiger partial charge < -0.3 is 10.1 Å². The minimum absolute atomic E-state index is 0.349. The number of fused-ring (bicyclic) bond motifs is 3. The molecular formula is C19H27NO. The van der Waals surface area contributed by atoms with E-state index >= 15 is 0 Å². The van der Waals surface area contributed by atoms with Gasteiger partial charge in [-0.15, -0.1) is 0 Å². The highest BCUT2D eigenvalue weighted by atomic mass is 16.5. The maximum Gasteiger partial charge on any atom is 0.0892 e. The lowest BCUT2D eigenvalue weighted by molar-refractivity contribution is -0.0399. The van der Waals surface area contributed by atoms with Gasteiger partial charge in [-0.05, 0) is 56.1 Å². The third kappa shape index (κ3) is 2.59. The second kappa shape index (κ2) is 5.64. The lowest BCUT2D eigenvalue weighted by atomic mass is 9.78. The van der Waals surface area contributed by atoms with Crippen LogP contribution in [0.5, 0.6) is 0 Å². The molecule has 0 radical (unpaired) electrons. The summed E-state index contributed by atoms with van der Waals surface area (Å²) in [6.45, 7) is 3.21. The SMILES string of the molecule is CCCCc1ccc2c(c1)C1OCCCC1C(C1CC1)N2. The van der Waals surface area contributed by atoms with Gasteiger partial charge in [-0.2, -0.15) is 0 Å². The molecule has 3 atom stereocenters. The van der Waals surface area contributed by atoms with Crippen LogP contribution in [-0.4, -0.2) is 12.6 Å². The van der Waals surface area contributed by atoms with Crippen molar-refractivity contribution in [1.29, 1.82) is 0 Å². The highest BCUT2D eigenvalue weighted by Crippen LogP contribution is 2.50. The monoisotopic (exact) mass is 285 g/mol. The van der Waals surface area contributed by atoms with E-state index in [-0.39, 0.29) is 0 Å². The average Bonchev–Trinajstić information content (AvgIpc) is 3.37. The van der Waals surface area contributed by atoms with Gasteiger partial charge in [0.2, 0.25) is 0 Å². The summed E-state index contributed by atoms with van der Waals surface area (Å²) in [4.78, 5) is 0. The van der Waals surface area contributed by atoms with Crippen LogP contribution in [0.2, 0.25) is 0 Å². The topological polar surface area (TPSA) is 21.3 Å². The third-order valence-corrected chi connectivity index (χ3v) is 5.52. The van der Waals surface area contributed by atoms with Crippen LogP contribution < -0.4 is 5.32 Å². The molecule has 3 aliphatic rings. The van der Waals surface area contributed by atoms with Crippen molar-refractivity contribution in [2.75, 3.05) is 11.9 Å². The molecule has 1 aliphatic carbocycles. The quantitative estimate of drug-likeness (QED) is 0.865. The lowest BCUT2D eigenvalue weighted by Crippen LogP contribution is -2.42. The third-order valence-electron chi connectivity index (χ3n) is 5.52. The fourth-order valence-electron chi connectivity index (χ4n) is 4.22. The van der Waals surface area contributed by atoms with E-state index in [9.17, 15) is 0 Å². The van der Waals surface area contributed by atoms with Crippen LogP contribution in [0.3, 0.4) is 0 Å². The minimum Gasteiger partial charge on any atom is -0.381 e. The number of aryl methyl sites for hydroxylation is 1. The Morgan fingerprint density at radius 3 is 2.95 bits per heavy atom. The van der Waals surface area contributed by atoms with E-state index < -0.39 is 0 Å². The summed E-state index contributed by atoms with van der Waals surface area (Å²) < 4.78 is 6.24. The van der Waals surface area contributed by atoms with Crippen molar-refractivity contribution in [3.05, 3.63) is 29.3 Å². The van der Waals surface area contributed by atoms with Gasteiger partial charge in [0.1, 0.15) is 0 Å². The molecule has 2 fully saturated rings. The van der Waals surface area contributed by atoms with Gasteiger partial charge in [-0.1, -0.05) is 25.5 Å². The zero-order valence-electron chi connectivity index (χ0n) is 13.1. The fraction of sp³-hybridized carbons (Fsp3) is 0.684. The summed E-state index contributed by atoms with van der Waals surface area (Å²) in [5.41, 5.74) is 4.26. The maximum atomic E-state index is 6.24. The molecule has 4 rings (SSSR count). The molecule has 1 saturated heterocycles. The van der Waals surface area contributed by atoms with Crippen molar-refractivity contribution < 1.29 is 4.74 Å². The van der Waals surface area contributed by atoms with Crippen molar-refractivity contribution in [3.63, 3.8) is 0 Å². The number of ether oxygens (including phenoxy) is 1. The Balaban J connectivity index is 1.64. The molecule has 2 heterocycles. The van der Waals surface area contributed by atoms with Crippen LogP contribution in [-0.2, 0) is 11.2 Å². The number of nitrogens with one attached hydrogen (secondary N) is 1. The molecule has 1 aromatic carbocycles. The number of anilines is 1. The van der Waals surface area contributed by atoms with Gasteiger partial charge in [0, 0.05) is 29.8 Å². The molecule has 1 aromatic rings. The second-order valence-corrected chi connectivity index (χ2v) is 7.13. The highest BCUT2D eigenvalue weighted by molar-refractivity contribution is 5.57. The predicted molar refractivity (Wildman–Crippen MR) is 86.6 cm³/mol.